The van der Waals surface area contributed by atoms with E-state index < -0.39 is 12.7 Å². The summed E-state index contributed by atoms with van der Waals surface area (Å²) in [6, 6.07) is 11.2. The molecule has 0 amide bonds. The Bertz CT molecular complexity index is 882. The highest BCUT2D eigenvalue weighted by molar-refractivity contribution is 5.33. The molecule has 2 aromatic rings. The van der Waals surface area contributed by atoms with Gasteiger partial charge in [-0.1, -0.05) is 38.3 Å². The van der Waals surface area contributed by atoms with Crippen molar-refractivity contribution in [1.82, 2.24) is 0 Å². The van der Waals surface area contributed by atoms with Crippen LogP contribution in [0.3, 0.4) is 0 Å². The first kappa shape index (κ1) is 24.9. The Kier molecular flexibility index (Phi) is 8.05. The van der Waals surface area contributed by atoms with Crippen LogP contribution in [-0.4, -0.2) is 6.61 Å². The zero-order chi connectivity index (χ0) is 24.1. The SMILES string of the molecule is CCC1CCC(C2CCC(c3ccc(C(F)(F)Oc4ccc(OC(F)F)cc4)cc3)CC2)CC1. The average Bonchev–Trinajstić information content (AvgIpc) is 2.85. The lowest BCUT2D eigenvalue weighted by Gasteiger charge is -2.38. The molecule has 2 nitrogen and oxygen atoms in total. The van der Waals surface area contributed by atoms with Crippen molar-refractivity contribution in [2.45, 2.75) is 83.3 Å². The maximum atomic E-state index is 14.7. The Morgan fingerprint density at radius 1 is 0.765 bits per heavy atom. The lowest BCUT2D eigenvalue weighted by atomic mass is 9.68. The highest BCUT2D eigenvalue weighted by Crippen LogP contribution is 2.44. The third-order valence-corrected chi connectivity index (χ3v) is 7.92. The summed E-state index contributed by atoms with van der Waals surface area (Å²) in [6.45, 7) is -0.669. The molecular formula is C28H34F4O2. The van der Waals surface area contributed by atoms with Gasteiger partial charge in [0.2, 0.25) is 0 Å². The summed E-state index contributed by atoms with van der Waals surface area (Å²) in [5.41, 5.74) is 0.881. The normalized spacial score (nSPS) is 25.8. The van der Waals surface area contributed by atoms with E-state index in [2.05, 4.69) is 11.7 Å². The molecule has 0 unspecified atom stereocenters. The molecular weight excluding hydrogens is 444 g/mol. The van der Waals surface area contributed by atoms with Gasteiger partial charge in [-0.05, 0) is 104 Å². The van der Waals surface area contributed by atoms with Crippen molar-refractivity contribution in [2.24, 2.45) is 17.8 Å². The van der Waals surface area contributed by atoms with Crippen LogP contribution in [0.2, 0.25) is 0 Å². The second-order valence-electron chi connectivity index (χ2n) is 9.89. The maximum Gasteiger partial charge on any atom is 0.426 e. The van der Waals surface area contributed by atoms with Crippen molar-refractivity contribution in [1.29, 1.82) is 0 Å². The van der Waals surface area contributed by atoms with Crippen LogP contribution < -0.4 is 9.47 Å². The van der Waals surface area contributed by atoms with Gasteiger partial charge in [0.15, 0.2) is 0 Å². The molecule has 0 aromatic heterocycles. The second kappa shape index (κ2) is 11.0. The Labute approximate surface area is 199 Å². The molecule has 4 rings (SSSR count). The summed E-state index contributed by atoms with van der Waals surface area (Å²) in [5, 5.41) is 0. The van der Waals surface area contributed by atoms with Gasteiger partial charge in [0, 0.05) is 0 Å². The van der Waals surface area contributed by atoms with E-state index >= 15 is 0 Å². The number of rotatable bonds is 8. The van der Waals surface area contributed by atoms with E-state index in [9.17, 15) is 17.6 Å². The average molecular weight is 479 g/mol. The first-order chi connectivity index (χ1) is 16.3. The van der Waals surface area contributed by atoms with Crippen molar-refractivity contribution < 1.29 is 27.0 Å². The molecule has 2 aromatic carbocycles. The van der Waals surface area contributed by atoms with Gasteiger partial charge in [0.25, 0.3) is 0 Å². The van der Waals surface area contributed by atoms with E-state index in [0.29, 0.717) is 5.92 Å². The maximum absolute atomic E-state index is 14.7. The molecule has 0 atom stereocenters. The molecule has 34 heavy (non-hydrogen) atoms. The van der Waals surface area contributed by atoms with Gasteiger partial charge < -0.3 is 9.47 Å². The lowest BCUT2D eigenvalue weighted by Crippen LogP contribution is -2.25. The van der Waals surface area contributed by atoms with Gasteiger partial charge in [-0.25, -0.2) is 0 Å². The highest BCUT2D eigenvalue weighted by atomic mass is 19.3. The van der Waals surface area contributed by atoms with E-state index in [0.717, 1.165) is 36.2 Å². The van der Waals surface area contributed by atoms with Gasteiger partial charge in [-0.3, -0.25) is 0 Å². The van der Waals surface area contributed by atoms with Gasteiger partial charge in [-0.15, -0.1) is 0 Å². The number of ether oxygens (including phenoxy) is 2. The molecule has 2 aliphatic rings. The molecule has 0 radical (unpaired) electrons. The van der Waals surface area contributed by atoms with E-state index in [1.807, 2.05) is 0 Å². The third-order valence-electron chi connectivity index (χ3n) is 7.92. The van der Waals surface area contributed by atoms with Crippen molar-refractivity contribution in [3.63, 3.8) is 0 Å². The van der Waals surface area contributed by atoms with Crippen molar-refractivity contribution in [3.05, 3.63) is 59.7 Å². The molecule has 186 valence electrons. The number of hydrogen-bond donors (Lipinski definition) is 0. The number of halogens is 4. The number of benzene rings is 2. The van der Waals surface area contributed by atoms with Gasteiger partial charge >= 0.3 is 12.7 Å². The van der Waals surface area contributed by atoms with Crippen molar-refractivity contribution in [2.75, 3.05) is 0 Å². The molecule has 2 fully saturated rings. The summed E-state index contributed by atoms with van der Waals surface area (Å²) >= 11 is 0. The predicted octanol–water partition coefficient (Wildman–Crippen LogP) is 8.91. The molecule has 2 aliphatic carbocycles. The Hall–Kier alpha value is -2.24. The summed E-state index contributed by atoms with van der Waals surface area (Å²) in [7, 11) is 0. The van der Waals surface area contributed by atoms with E-state index in [4.69, 9.17) is 4.74 Å². The first-order valence-electron chi connectivity index (χ1n) is 12.6. The molecule has 0 heterocycles. The smallest absolute Gasteiger partial charge is 0.426 e. The van der Waals surface area contributed by atoms with Gasteiger partial charge in [0.05, 0.1) is 5.56 Å². The number of alkyl halides is 4. The minimum atomic E-state index is -3.53. The fourth-order valence-corrected chi connectivity index (χ4v) is 5.84. The molecule has 6 heteroatoms. The van der Waals surface area contributed by atoms with E-state index in [1.165, 1.54) is 81.3 Å². The third kappa shape index (κ3) is 6.25. The van der Waals surface area contributed by atoms with E-state index in [1.54, 1.807) is 12.1 Å². The quantitative estimate of drug-likeness (QED) is 0.353. The van der Waals surface area contributed by atoms with Crippen LogP contribution in [0, 0.1) is 17.8 Å². The van der Waals surface area contributed by atoms with Crippen LogP contribution in [0.15, 0.2) is 48.5 Å². The fraction of sp³-hybridized carbons (Fsp3) is 0.571. The molecule has 0 spiro atoms. The topological polar surface area (TPSA) is 18.5 Å². The minimum Gasteiger partial charge on any atom is -0.435 e. The monoisotopic (exact) mass is 478 g/mol. The molecule has 2 saturated carbocycles. The second-order valence-corrected chi connectivity index (χ2v) is 9.89. The molecule has 0 aliphatic heterocycles. The molecule has 0 bridgehead atoms. The summed E-state index contributed by atoms with van der Waals surface area (Å²) in [5.74, 6) is 2.81. The van der Waals surface area contributed by atoms with Crippen LogP contribution in [0.25, 0.3) is 0 Å². The van der Waals surface area contributed by atoms with E-state index in [-0.39, 0.29) is 17.1 Å². The zero-order valence-electron chi connectivity index (χ0n) is 19.7. The minimum absolute atomic E-state index is 0.113. The first-order valence-corrected chi connectivity index (χ1v) is 12.6. The predicted molar refractivity (Wildman–Crippen MR) is 124 cm³/mol. The standard InChI is InChI=1S/C28H34F4O2/c1-2-19-3-5-20(6-4-19)21-7-9-22(10-8-21)23-11-13-24(14-12-23)28(31,32)34-26-17-15-25(16-18-26)33-27(29)30/h11-22,27H,2-10H2,1H3. The summed E-state index contributed by atoms with van der Waals surface area (Å²) in [6.07, 6.45) is 8.00. The highest BCUT2D eigenvalue weighted by Gasteiger charge is 2.35. The van der Waals surface area contributed by atoms with Crippen LogP contribution in [0.1, 0.15) is 81.8 Å². The van der Waals surface area contributed by atoms with Crippen LogP contribution in [0.5, 0.6) is 11.5 Å². The Morgan fingerprint density at radius 2 is 1.29 bits per heavy atom. The van der Waals surface area contributed by atoms with Crippen LogP contribution in [0.4, 0.5) is 17.6 Å². The summed E-state index contributed by atoms with van der Waals surface area (Å²) in [4.78, 5) is 0. The van der Waals surface area contributed by atoms with Crippen molar-refractivity contribution in [3.8, 4) is 11.5 Å². The van der Waals surface area contributed by atoms with Crippen LogP contribution >= 0.6 is 0 Å². The Morgan fingerprint density at radius 3 is 1.82 bits per heavy atom. The molecule has 0 saturated heterocycles. The van der Waals surface area contributed by atoms with Crippen molar-refractivity contribution >= 4 is 0 Å². The van der Waals surface area contributed by atoms with Gasteiger partial charge in [-0.2, -0.15) is 17.6 Å². The molecule has 0 N–H and O–H groups in total. The zero-order valence-corrected chi connectivity index (χ0v) is 19.7. The largest absolute Gasteiger partial charge is 0.435 e. The fourth-order valence-electron chi connectivity index (χ4n) is 5.84. The summed E-state index contributed by atoms with van der Waals surface area (Å²) < 4.78 is 62.9. The van der Waals surface area contributed by atoms with Gasteiger partial charge in [0.1, 0.15) is 11.5 Å². The Balaban J connectivity index is 1.30. The number of hydrogen-bond acceptors (Lipinski definition) is 2. The lowest BCUT2D eigenvalue weighted by molar-refractivity contribution is -0.185. The van der Waals surface area contributed by atoms with Crippen LogP contribution in [-0.2, 0) is 6.11 Å².